The monoisotopic (exact) mass is 2130 g/mol. The van der Waals surface area contributed by atoms with Crippen molar-refractivity contribution in [3.05, 3.63) is 402 Å². The Morgan fingerprint density at radius 3 is 0.943 bits per heavy atom. The fourth-order valence-electron chi connectivity index (χ4n) is 15.7. The number of para-hydroxylation sites is 3. The van der Waals surface area contributed by atoms with Gasteiger partial charge in [0.25, 0.3) is 0 Å². The summed E-state index contributed by atoms with van der Waals surface area (Å²) in [5.41, 5.74) is 16.1. The van der Waals surface area contributed by atoms with Crippen molar-refractivity contribution in [2.75, 3.05) is 0 Å². The second kappa shape index (κ2) is 33.7. The van der Waals surface area contributed by atoms with Crippen molar-refractivity contribution in [3.63, 3.8) is 0 Å². The van der Waals surface area contributed by atoms with E-state index in [0.29, 0.717) is 34.5 Å². The van der Waals surface area contributed by atoms with E-state index in [1.54, 1.807) is 43.4 Å². The quantitative estimate of drug-likeness (QED) is 0.0885. The van der Waals surface area contributed by atoms with Crippen molar-refractivity contribution in [2.45, 2.75) is 0 Å². The van der Waals surface area contributed by atoms with E-state index in [1.165, 1.54) is 0 Å². The van der Waals surface area contributed by atoms with Crippen LogP contribution in [0.1, 0.15) is 0 Å². The van der Waals surface area contributed by atoms with Gasteiger partial charge in [-0.15, -0.1) is 107 Å². The molecule has 0 spiro atoms. The number of nitrogens with zero attached hydrogens (tertiary/aromatic N) is 18. The van der Waals surface area contributed by atoms with Gasteiger partial charge in [-0.3, -0.25) is 28.6 Å². The number of ether oxygens (including phenoxy) is 3. The predicted molar refractivity (Wildman–Crippen MR) is 464 cm³/mol. The molecule has 9 aromatic carbocycles. The molecule has 15 heterocycles. The molecule has 123 heavy (non-hydrogen) atoms. The normalized spacial score (nSPS) is 11.2. The van der Waals surface area contributed by atoms with Crippen LogP contribution in [0.5, 0.6) is 34.5 Å². The van der Waals surface area contributed by atoms with Crippen LogP contribution in [0.2, 0.25) is 0 Å². The third kappa shape index (κ3) is 14.5. The fourth-order valence-corrected chi connectivity index (χ4v) is 15.7. The number of rotatable bonds is 15. The molecule has 0 atom stereocenters. The molecule has 0 aliphatic rings. The van der Waals surface area contributed by atoms with Crippen LogP contribution in [-0.2, 0) is 63.2 Å². The minimum absolute atomic E-state index is 0. The Kier molecular flexibility index (Phi) is 21.3. The van der Waals surface area contributed by atoms with E-state index in [2.05, 4.69) is 159 Å². The fraction of sp³-hybridized carbons (Fsp3) is 0. The first-order chi connectivity index (χ1) is 59.5. The second-order valence-electron chi connectivity index (χ2n) is 28.0. The number of hydrogen-bond acceptors (Lipinski definition) is 12. The second-order valence-corrected chi connectivity index (χ2v) is 28.0. The summed E-state index contributed by atoms with van der Waals surface area (Å²) < 4.78 is 37.0. The summed E-state index contributed by atoms with van der Waals surface area (Å²) in [4.78, 5) is 26.6. The largest absolute Gasteiger partial charge is 2.00 e. The minimum atomic E-state index is 0. The van der Waals surface area contributed by atoms with Gasteiger partial charge >= 0.3 is 63.2 Å². The van der Waals surface area contributed by atoms with Gasteiger partial charge in [-0.1, -0.05) is 95.4 Å². The number of fused-ring (bicyclic) bond motifs is 12. The summed E-state index contributed by atoms with van der Waals surface area (Å²) in [5.74, 6) is 6.82. The van der Waals surface area contributed by atoms with Gasteiger partial charge in [0.05, 0.1) is 63.6 Å². The molecule has 24 aromatic rings. The molecule has 0 aliphatic heterocycles. The molecule has 24 heteroatoms. The van der Waals surface area contributed by atoms with Crippen LogP contribution >= 0.6 is 0 Å². The van der Waals surface area contributed by atoms with Crippen LogP contribution in [0.25, 0.3) is 150 Å². The Morgan fingerprint density at radius 2 is 0.569 bits per heavy atom. The molecule has 0 saturated carbocycles. The van der Waals surface area contributed by atoms with Crippen LogP contribution in [0, 0.1) is 36.4 Å². The first-order valence-corrected chi connectivity index (χ1v) is 38.6. The van der Waals surface area contributed by atoms with Gasteiger partial charge in [-0.05, 0) is 142 Å². The topological polar surface area (TPSA) is 188 Å². The zero-order valence-electron chi connectivity index (χ0n) is 64.4. The molecule has 0 unspecified atom stereocenters. The summed E-state index contributed by atoms with van der Waals surface area (Å²) in [6.45, 7) is 0. The maximum atomic E-state index is 6.30. The summed E-state index contributed by atoms with van der Waals surface area (Å²) >= 11 is 0. The van der Waals surface area contributed by atoms with Gasteiger partial charge in [-0.2, -0.15) is 51.7 Å². The predicted octanol–water partition coefficient (Wildman–Crippen LogP) is 21.3. The Hall–Kier alpha value is -15.0. The summed E-state index contributed by atoms with van der Waals surface area (Å²) in [6, 6.07) is 112. The maximum Gasteiger partial charge on any atom is 2.00 e. The third-order valence-corrected chi connectivity index (χ3v) is 21.0. The number of aromatic nitrogens is 18. The Morgan fingerprint density at radius 1 is 0.220 bits per heavy atom. The molecule has 0 bridgehead atoms. The van der Waals surface area contributed by atoms with Crippen molar-refractivity contribution >= 4 is 98.5 Å². The molecule has 0 saturated heterocycles. The van der Waals surface area contributed by atoms with E-state index < -0.39 is 0 Å². The van der Waals surface area contributed by atoms with Gasteiger partial charge in [0, 0.05) is 119 Å². The van der Waals surface area contributed by atoms with E-state index in [-0.39, 0.29) is 63.2 Å². The molecule has 0 N–H and O–H groups in total. The maximum absolute atomic E-state index is 6.30. The third-order valence-electron chi connectivity index (χ3n) is 21.0. The molecule has 24 rings (SSSR count). The average molecular weight is 2130 g/mol. The summed E-state index contributed by atoms with van der Waals surface area (Å²) in [5, 5.41) is 20.6. The van der Waals surface area contributed by atoms with Gasteiger partial charge in [0.2, 0.25) is 0 Å². The first-order valence-electron chi connectivity index (χ1n) is 38.6. The van der Waals surface area contributed by atoms with E-state index in [0.717, 1.165) is 150 Å². The molecular weight excluding hydrogens is 2070 g/mol. The molecule has 0 aliphatic carbocycles. The zero-order chi connectivity index (χ0) is 79.4. The molecule has 594 valence electrons. The molecule has 21 nitrogen and oxygen atoms in total. The van der Waals surface area contributed by atoms with Crippen molar-refractivity contribution in [1.29, 1.82) is 0 Å². The molecular formula is C99H60N18O3Pt3. The van der Waals surface area contributed by atoms with Crippen molar-refractivity contribution in [1.82, 2.24) is 86.6 Å². The molecule has 0 fully saturated rings. The zero-order valence-corrected chi connectivity index (χ0v) is 71.2. The Balaban J connectivity index is 0.000000120. The minimum Gasteiger partial charge on any atom is -0.509 e. The summed E-state index contributed by atoms with van der Waals surface area (Å²) in [7, 11) is 0. The Labute approximate surface area is 745 Å². The summed E-state index contributed by atoms with van der Waals surface area (Å²) in [6.07, 6.45) is 25.9. The molecule has 0 radical (unpaired) electrons. The van der Waals surface area contributed by atoms with Crippen molar-refractivity contribution < 1.29 is 77.4 Å². The molecule has 15 aromatic heterocycles. The Bertz CT molecular complexity index is 7180. The standard InChI is InChI=1S/3C33H20N6O.3Pt/c1-2-11-28-26(10-1)27-15-14-25(21-30(27)38(28)33-13-4-6-18-35-33)40-24-9-7-8-23(20-24)39-29-16-19-37(31(29)22-36-39)32-12-3-5-17-34-32;1-2-11-29-27(10-1)28-14-13-26(20-31(28)38(29)33-12-3-4-17-35-33)40-25-9-5-7-23(19-25)39-30-15-18-37(32(30)22-36-39)24-8-6-16-34-21-24;1-2-9-29-27(8-1)28-12-11-26(21-31(28)38(29)33-10-3-4-16-35-33)40-25-7-5-6-24(20-25)39-30-15-19-37(32(30)22-36-39)23-13-17-34-18-14-23;;;/h1-19,22H;1-18,21-22H;1-19,22H;;;/q3*-2;3*+2. The van der Waals surface area contributed by atoms with Crippen molar-refractivity contribution in [2.24, 2.45) is 0 Å². The first kappa shape index (κ1) is 77.9. The van der Waals surface area contributed by atoms with E-state index >= 15 is 0 Å². The van der Waals surface area contributed by atoms with Gasteiger partial charge < -0.3 is 37.0 Å². The van der Waals surface area contributed by atoms with Crippen LogP contribution in [0.15, 0.2) is 366 Å². The number of benzene rings is 9. The average Bonchev–Trinajstić information content (AvgIpc) is 1.61. The smallest absolute Gasteiger partial charge is 0.509 e. The van der Waals surface area contributed by atoms with Crippen molar-refractivity contribution in [3.8, 4) is 86.2 Å². The van der Waals surface area contributed by atoms with E-state index in [9.17, 15) is 0 Å². The van der Waals surface area contributed by atoms with Crippen LogP contribution in [-0.4, -0.2) is 86.6 Å². The van der Waals surface area contributed by atoms with Crippen LogP contribution < -0.4 is 14.2 Å². The van der Waals surface area contributed by atoms with E-state index in [4.69, 9.17) is 14.2 Å². The SMILES string of the molecule is [Pt+2].[Pt+2].[Pt+2].[c-]1c(Oc2[c-]c3c(cc2)c2ccccc2n3-c2ccccn2)cccc1-n1ncc2c1ccn2-c1ccccn1.[c-]1c(Oc2[c-]c3c(cc2)c2ccccc2n3-c2ccccn2)cccc1-n1ncc2c1ccn2-c1cccnc1.[c-]1c(Oc2[c-]c3c(cc2)c2ccccc2n3-c2ccccn2)cccc1-n1ncc2c1ccn2-c1ccncc1. The van der Waals surface area contributed by atoms with Gasteiger partial charge in [0.15, 0.2) is 0 Å². The molecule has 0 amide bonds. The van der Waals surface area contributed by atoms with Gasteiger partial charge in [0.1, 0.15) is 23.3 Å². The van der Waals surface area contributed by atoms with Crippen LogP contribution in [0.4, 0.5) is 0 Å². The number of hydrogen-bond donors (Lipinski definition) is 0. The van der Waals surface area contributed by atoms with E-state index in [1.807, 2.05) is 286 Å². The van der Waals surface area contributed by atoms with Gasteiger partial charge in [-0.25, -0.2) is 19.9 Å². The number of pyridine rings is 6. The van der Waals surface area contributed by atoms with Crippen LogP contribution in [0.3, 0.4) is 0 Å².